The number of pyridine rings is 1. The van der Waals surface area contributed by atoms with Crippen LogP contribution in [-0.4, -0.2) is 41.1 Å². The van der Waals surface area contributed by atoms with Crippen molar-refractivity contribution in [1.29, 1.82) is 0 Å². The van der Waals surface area contributed by atoms with Gasteiger partial charge in [0.25, 0.3) is 11.8 Å². The highest BCUT2D eigenvalue weighted by atomic mass is 32.2. The van der Waals surface area contributed by atoms with E-state index in [0.717, 1.165) is 38.2 Å². The number of hydrogen-bond acceptors (Lipinski definition) is 5. The molecule has 4 aromatic rings. The molecular formula is C26H22N2O3S. The molecule has 6 heteroatoms. The van der Waals surface area contributed by atoms with Gasteiger partial charge in [0, 0.05) is 22.2 Å². The highest BCUT2D eigenvalue weighted by Crippen LogP contribution is 2.36. The van der Waals surface area contributed by atoms with Crippen molar-refractivity contribution in [3.05, 3.63) is 77.4 Å². The number of nitrogens with zero attached hydrogens (tertiary/aromatic N) is 2. The number of hydrogen-bond donors (Lipinski definition) is 0. The van der Waals surface area contributed by atoms with E-state index in [2.05, 4.69) is 25.1 Å². The first-order chi connectivity index (χ1) is 15.6. The summed E-state index contributed by atoms with van der Waals surface area (Å²) in [6, 6.07) is 19.2. The molecule has 0 bridgehead atoms. The minimum absolute atomic E-state index is 0.198. The van der Waals surface area contributed by atoms with Gasteiger partial charge in [-0.1, -0.05) is 23.8 Å². The second-order valence-electron chi connectivity index (χ2n) is 7.85. The SMILES string of the molecule is COc1ccc2nc3ccc(C)cc3c(SCCCN3C(=O)c4ccccc4C3=O)c2c1. The summed E-state index contributed by atoms with van der Waals surface area (Å²) in [5.41, 5.74) is 4.05. The van der Waals surface area contributed by atoms with E-state index in [4.69, 9.17) is 9.72 Å². The average Bonchev–Trinajstić information content (AvgIpc) is 3.06. The Labute approximate surface area is 190 Å². The molecule has 0 N–H and O–H groups in total. The summed E-state index contributed by atoms with van der Waals surface area (Å²) in [5, 5.41) is 2.16. The van der Waals surface area contributed by atoms with Crippen LogP contribution in [0.25, 0.3) is 21.8 Å². The Kier molecular flexibility index (Phi) is 5.31. The molecule has 2 amide bonds. The third kappa shape index (κ3) is 3.50. The molecule has 2 heterocycles. The number of methoxy groups -OCH3 is 1. The van der Waals surface area contributed by atoms with Gasteiger partial charge in [0.15, 0.2) is 0 Å². The molecule has 0 spiro atoms. The third-order valence-corrected chi connectivity index (χ3v) is 6.96. The Morgan fingerprint density at radius 1 is 0.906 bits per heavy atom. The Balaban J connectivity index is 1.39. The summed E-state index contributed by atoms with van der Waals surface area (Å²) >= 11 is 1.73. The summed E-state index contributed by atoms with van der Waals surface area (Å²) < 4.78 is 5.44. The van der Waals surface area contributed by atoms with Crippen molar-refractivity contribution in [2.75, 3.05) is 19.4 Å². The molecule has 0 radical (unpaired) electrons. The molecule has 5 nitrogen and oxygen atoms in total. The van der Waals surface area contributed by atoms with E-state index < -0.39 is 0 Å². The molecule has 1 aromatic heterocycles. The number of ether oxygens (including phenoxy) is 1. The van der Waals surface area contributed by atoms with Crippen LogP contribution in [0.1, 0.15) is 32.7 Å². The first-order valence-corrected chi connectivity index (χ1v) is 11.5. The van der Waals surface area contributed by atoms with E-state index in [9.17, 15) is 9.59 Å². The smallest absolute Gasteiger partial charge is 0.261 e. The van der Waals surface area contributed by atoms with Gasteiger partial charge in [-0.25, -0.2) is 4.98 Å². The molecule has 0 aliphatic carbocycles. The minimum Gasteiger partial charge on any atom is -0.497 e. The summed E-state index contributed by atoms with van der Waals surface area (Å²) in [6.45, 7) is 2.48. The number of imide groups is 1. The molecule has 160 valence electrons. The molecular weight excluding hydrogens is 420 g/mol. The van der Waals surface area contributed by atoms with Crippen molar-refractivity contribution < 1.29 is 14.3 Å². The standard InChI is InChI=1S/C26H22N2O3S/c1-16-8-10-22-20(14-16)24(21-15-17(31-2)9-11-23(21)27-22)32-13-5-12-28-25(29)18-6-3-4-7-19(18)26(28)30/h3-4,6-11,14-15H,5,12-13H2,1-2H3. The zero-order valence-corrected chi connectivity index (χ0v) is 18.7. The Bertz CT molecular complexity index is 1350. The fourth-order valence-corrected chi connectivity index (χ4v) is 5.24. The molecule has 32 heavy (non-hydrogen) atoms. The highest BCUT2D eigenvalue weighted by Gasteiger charge is 2.34. The number of aryl methyl sites for hydroxylation is 1. The van der Waals surface area contributed by atoms with Crippen LogP contribution in [0.15, 0.2) is 65.6 Å². The van der Waals surface area contributed by atoms with Crippen molar-refractivity contribution in [2.45, 2.75) is 18.2 Å². The molecule has 0 fully saturated rings. The van der Waals surface area contributed by atoms with Gasteiger partial charge in [0.05, 0.1) is 29.3 Å². The number of fused-ring (bicyclic) bond motifs is 3. The fraction of sp³-hybridized carbons (Fsp3) is 0.192. The molecule has 1 aliphatic heterocycles. The Morgan fingerprint density at radius 3 is 2.25 bits per heavy atom. The lowest BCUT2D eigenvalue weighted by atomic mass is 10.1. The molecule has 5 rings (SSSR count). The minimum atomic E-state index is -0.198. The van der Waals surface area contributed by atoms with Crippen LogP contribution in [0.4, 0.5) is 0 Å². The van der Waals surface area contributed by atoms with Gasteiger partial charge in [-0.2, -0.15) is 0 Å². The van der Waals surface area contributed by atoms with E-state index in [1.54, 1.807) is 43.1 Å². The van der Waals surface area contributed by atoms with Gasteiger partial charge in [-0.05, 0) is 61.6 Å². The van der Waals surface area contributed by atoms with Crippen LogP contribution in [0, 0.1) is 6.92 Å². The van der Waals surface area contributed by atoms with Crippen LogP contribution in [0.5, 0.6) is 5.75 Å². The van der Waals surface area contributed by atoms with Gasteiger partial charge in [0.1, 0.15) is 5.75 Å². The Morgan fingerprint density at radius 2 is 1.56 bits per heavy atom. The van der Waals surface area contributed by atoms with Gasteiger partial charge in [0.2, 0.25) is 0 Å². The normalized spacial score (nSPS) is 13.2. The van der Waals surface area contributed by atoms with Crippen molar-refractivity contribution in [3.8, 4) is 5.75 Å². The maximum absolute atomic E-state index is 12.6. The average molecular weight is 443 g/mol. The Hall–Kier alpha value is -3.38. The maximum atomic E-state index is 12.6. The zero-order chi connectivity index (χ0) is 22.2. The molecule has 0 unspecified atom stereocenters. The second kappa shape index (κ2) is 8.28. The lowest BCUT2D eigenvalue weighted by molar-refractivity contribution is 0.0655. The van der Waals surface area contributed by atoms with Gasteiger partial charge < -0.3 is 4.74 Å². The predicted molar refractivity (Wildman–Crippen MR) is 128 cm³/mol. The first kappa shape index (κ1) is 20.5. The van der Waals surface area contributed by atoms with Gasteiger partial charge in [-0.3, -0.25) is 14.5 Å². The maximum Gasteiger partial charge on any atom is 0.261 e. The van der Waals surface area contributed by atoms with Crippen molar-refractivity contribution in [3.63, 3.8) is 0 Å². The number of carbonyl (C=O) groups is 2. The molecule has 3 aromatic carbocycles. The first-order valence-electron chi connectivity index (χ1n) is 10.5. The predicted octanol–water partition coefficient (Wildman–Crippen LogP) is 5.48. The number of thioether (sulfide) groups is 1. The van der Waals surface area contributed by atoms with Crippen LogP contribution in [-0.2, 0) is 0 Å². The van der Waals surface area contributed by atoms with Crippen molar-refractivity contribution >= 4 is 45.4 Å². The van der Waals surface area contributed by atoms with Gasteiger partial charge >= 0.3 is 0 Å². The fourth-order valence-electron chi connectivity index (χ4n) is 4.12. The topological polar surface area (TPSA) is 59.5 Å². The molecule has 0 saturated carbocycles. The van der Waals surface area contributed by atoms with Crippen LogP contribution < -0.4 is 4.74 Å². The zero-order valence-electron chi connectivity index (χ0n) is 17.9. The number of benzene rings is 3. The summed E-state index contributed by atoms with van der Waals surface area (Å²) in [4.78, 5) is 32.5. The largest absolute Gasteiger partial charge is 0.497 e. The molecule has 0 saturated heterocycles. The van der Waals surface area contributed by atoms with E-state index >= 15 is 0 Å². The number of carbonyl (C=O) groups excluding carboxylic acids is 2. The molecule has 1 aliphatic rings. The third-order valence-electron chi connectivity index (χ3n) is 5.74. The monoisotopic (exact) mass is 442 g/mol. The summed E-state index contributed by atoms with van der Waals surface area (Å²) in [5.74, 6) is 1.16. The van der Waals surface area contributed by atoms with Crippen LogP contribution >= 0.6 is 11.8 Å². The van der Waals surface area contributed by atoms with E-state index in [1.807, 2.05) is 18.2 Å². The highest BCUT2D eigenvalue weighted by molar-refractivity contribution is 7.99. The summed E-state index contributed by atoms with van der Waals surface area (Å²) in [7, 11) is 1.66. The summed E-state index contributed by atoms with van der Waals surface area (Å²) in [6.07, 6.45) is 0.706. The quantitative estimate of drug-likeness (QED) is 0.171. The van der Waals surface area contributed by atoms with Crippen LogP contribution in [0.2, 0.25) is 0 Å². The van der Waals surface area contributed by atoms with Gasteiger partial charge in [-0.15, -0.1) is 11.8 Å². The van der Waals surface area contributed by atoms with E-state index in [-0.39, 0.29) is 11.8 Å². The van der Waals surface area contributed by atoms with Crippen LogP contribution in [0.3, 0.4) is 0 Å². The number of aromatic nitrogens is 1. The van der Waals surface area contributed by atoms with Crippen molar-refractivity contribution in [1.82, 2.24) is 9.88 Å². The van der Waals surface area contributed by atoms with Crippen molar-refractivity contribution in [2.24, 2.45) is 0 Å². The van der Waals surface area contributed by atoms with E-state index in [1.165, 1.54) is 10.5 Å². The molecule has 0 atom stereocenters. The lowest BCUT2D eigenvalue weighted by Crippen LogP contribution is -2.30. The number of amides is 2. The number of rotatable bonds is 6. The van der Waals surface area contributed by atoms with E-state index in [0.29, 0.717) is 24.1 Å². The lowest BCUT2D eigenvalue weighted by Gasteiger charge is -2.15. The second-order valence-corrected chi connectivity index (χ2v) is 8.96.